The third kappa shape index (κ3) is 1.70. The molecule has 0 aromatic heterocycles. The van der Waals surface area contributed by atoms with Gasteiger partial charge in [0.1, 0.15) is 5.60 Å². The van der Waals surface area contributed by atoms with Crippen molar-refractivity contribution in [3.63, 3.8) is 0 Å². The average Bonchev–Trinajstić information content (AvgIpc) is 2.25. The minimum Gasteiger partial charge on any atom is -0.363 e. The van der Waals surface area contributed by atoms with E-state index in [-0.39, 0.29) is 5.78 Å². The molecule has 74 valence electrons. The normalized spacial score (nSPS) is 25.9. The van der Waals surface area contributed by atoms with Crippen LogP contribution >= 0.6 is 0 Å². The van der Waals surface area contributed by atoms with Gasteiger partial charge in [0.05, 0.1) is 6.61 Å². The lowest BCUT2D eigenvalue weighted by molar-refractivity contribution is -0.159. The summed E-state index contributed by atoms with van der Waals surface area (Å²) in [5.41, 5.74) is 0.615. The molecular weight excluding hydrogens is 176 g/mol. The smallest absolute Gasteiger partial charge is 0.164 e. The van der Waals surface area contributed by atoms with E-state index in [1.807, 2.05) is 37.3 Å². The number of ether oxygens (including phenoxy) is 1. The van der Waals surface area contributed by atoms with Gasteiger partial charge in [-0.15, -0.1) is 0 Å². The van der Waals surface area contributed by atoms with Crippen molar-refractivity contribution >= 4 is 5.78 Å². The van der Waals surface area contributed by atoms with Gasteiger partial charge in [-0.3, -0.25) is 4.79 Å². The topological polar surface area (TPSA) is 26.3 Å². The van der Waals surface area contributed by atoms with Crippen LogP contribution in [-0.2, 0) is 16.1 Å². The molecule has 14 heavy (non-hydrogen) atoms. The summed E-state index contributed by atoms with van der Waals surface area (Å²) in [5.74, 6) is 0.230. The fraction of sp³-hybridized carbons (Fsp3) is 0.417. The Bertz CT molecular complexity index is 331. The SMILES string of the molecule is CC1(OCc2ccccc2)CCC1=O. The molecule has 1 aliphatic rings. The van der Waals surface area contributed by atoms with Crippen LogP contribution in [0.3, 0.4) is 0 Å². The van der Waals surface area contributed by atoms with Gasteiger partial charge in [-0.05, 0) is 18.9 Å². The summed E-state index contributed by atoms with van der Waals surface area (Å²) in [4.78, 5) is 11.2. The molecule has 0 heterocycles. The first-order valence-electron chi connectivity index (χ1n) is 4.92. The number of hydrogen-bond donors (Lipinski definition) is 0. The molecule has 1 aromatic rings. The number of carbonyl (C=O) groups excluding carboxylic acids is 1. The highest BCUT2D eigenvalue weighted by molar-refractivity contribution is 5.92. The van der Waals surface area contributed by atoms with Crippen molar-refractivity contribution in [2.75, 3.05) is 0 Å². The van der Waals surface area contributed by atoms with Crippen molar-refractivity contribution in [2.45, 2.75) is 32.0 Å². The van der Waals surface area contributed by atoms with Crippen LogP contribution in [0, 0.1) is 0 Å². The van der Waals surface area contributed by atoms with E-state index >= 15 is 0 Å². The van der Waals surface area contributed by atoms with E-state index < -0.39 is 5.60 Å². The second-order valence-electron chi connectivity index (χ2n) is 3.93. The Morgan fingerprint density at radius 1 is 1.36 bits per heavy atom. The molecule has 1 aliphatic carbocycles. The van der Waals surface area contributed by atoms with Crippen LogP contribution in [0.2, 0.25) is 0 Å². The van der Waals surface area contributed by atoms with Crippen molar-refractivity contribution < 1.29 is 9.53 Å². The van der Waals surface area contributed by atoms with Gasteiger partial charge in [-0.1, -0.05) is 30.3 Å². The number of benzene rings is 1. The summed E-state index contributed by atoms with van der Waals surface area (Å²) in [6, 6.07) is 9.94. The summed E-state index contributed by atoms with van der Waals surface area (Å²) in [7, 11) is 0. The van der Waals surface area contributed by atoms with Crippen LogP contribution in [0.25, 0.3) is 0 Å². The standard InChI is InChI=1S/C12H14O2/c1-12(8-7-11(12)13)14-9-10-5-3-2-4-6-10/h2-6H,7-9H2,1H3. The zero-order chi connectivity index (χ0) is 10.0. The second-order valence-corrected chi connectivity index (χ2v) is 3.93. The zero-order valence-electron chi connectivity index (χ0n) is 8.32. The van der Waals surface area contributed by atoms with Gasteiger partial charge < -0.3 is 4.74 Å². The van der Waals surface area contributed by atoms with Crippen molar-refractivity contribution in [2.24, 2.45) is 0 Å². The maximum Gasteiger partial charge on any atom is 0.164 e. The fourth-order valence-corrected chi connectivity index (χ4v) is 1.55. The maximum absolute atomic E-state index is 11.2. The lowest BCUT2D eigenvalue weighted by atomic mass is 9.80. The first kappa shape index (κ1) is 9.41. The average molecular weight is 190 g/mol. The molecule has 0 radical (unpaired) electrons. The summed E-state index contributed by atoms with van der Waals surface area (Å²) < 4.78 is 5.61. The number of Topliss-reactive ketones (excluding diaryl/α,β-unsaturated/α-hetero) is 1. The Morgan fingerprint density at radius 3 is 2.57 bits per heavy atom. The third-order valence-corrected chi connectivity index (χ3v) is 2.82. The highest BCUT2D eigenvalue weighted by Crippen LogP contribution is 2.31. The van der Waals surface area contributed by atoms with Gasteiger partial charge in [0.15, 0.2) is 5.78 Å². The molecule has 0 saturated heterocycles. The first-order chi connectivity index (χ1) is 6.71. The predicted molar refractivity (Wildman–Crippen MR) is 53.9 cm³/mol. The summed E-state index contributed by atoms with van der Waals surface area (Å²) in [6.45, 7) is 2.41. The Labute approximate surface area is 83.9 Å². The summed E-state index contributed by atoms with van der Waals surface area (Å²) in [6.07, 6.45) is 1.53. The van der Waals surface area contributed by atoms with E-state index in [1.165, 1.54) is 0 Å². The van der Waals surface area contributed by atoms with Crippen LogP contribution in [0.15, 0.2) is 30.3 Å². The number of hydrogen-bond acceptors (Lipinski definition) is 2. The monoisotopic (exact) mass is 190 g/mol. The van der Waals surface area contributed by atoms with Crippen LogP contribution in [-0.4, -0.2) is 11.4 Å². The summed E-state index contributed by atoms with van der Waals surface area (Å²) in [5, 5.41) is 0. The molecule has 2 rings (SSSR count). The van der Waals surface area contributed by atoms with Gasteiger partial charge in [-0.2, -0.15) is 0 Å². The second kappa shape index (κ2) is 3.54. The lowest BCUT2D eigenvalue weighted by Gasteiger charge is -2.36. The molecule has 1 atom stereocenters. The minimum absolute atomic E-state index is 0.230. The van der Waals surface area contributed by atoms with Crippen molar-refractivity contribution in [3.05, 3.63) is 35.9 Å². The maximum atomic E-state index is 11.2. The number of ketones is 1. The van der Waals surface area contributed by atoms with Crippen LogP contribution in [0.4, 0.5) is 0 Å². The molecule has 0 N–H and O–H groups in total. The fourth-order valence-electron chi connectivity index (χ4n) is 1.55. The van der Waals surface area contributed by atoms with E-state index in [1.54, 1.807) is 0 Å². The Morgan fingerprint density at radius 2 is 2.07 bits per heavy atom. The highest BCUT2D eigenvalue weighted by atomic mass is 16.5. The molecule has 2 heteroatoms. The van der Waals surface area contributed by atoms with Gasteiger partial charge in [-0.25, -0.2) is 0 Å². The van der Waals surface area contributed by atoms with E-state index in [2.05, 4.69) is 0 Å². The molecule has 0 amide bonds. The minimum atomic E-state index is -0.504. The highest BCUT2D eigenvalue weighted by Gasteiger charge is 2.42. The predicted octanol–water partition coefficient (Wildman–Crippen LogP) is 2.32. The molecular formula is C12H14O2. The Balaban J connectivity index is 1.92. The molecule has 1 fully saturated rings. The largest absolute Gasteiger partial charge is 0.363 e. The van der Waals surface area contributed by atoms with Gasteiger partial charge in [0.25, 0.3) is 0 Å². The Kier molecular flexibility index (Phi) is 2.38. The summed E-state index contributed by atoms with van der Waals surface area (Å²) >= 11 is 0. The first-order valence-corrected chi connectivity index (χ1v) is 4.92. The molecule has 0 bridgehead atoms. The molecule has 1 aromatic carbocycles. The van der Waals surface area contributed by atoms with E-state index in [4.69, 9.17) is 4.74 Å². The zero-order valence-corrected chi connectivity index (χ0v) is 8.32. The van der Waals surface area contributed by atoms with Gasteiger partial charge >= 0.3 is 0 Å². The van der Waals surface area contributed by atoms with Crippen LogP contribution in [0.1, 0.15) is 25.3 Å². The van der Waals surface area contributed by atoms with Crippen LogP contribution < -0.4 is 0 Å². The van der Waals surface area contributed by atoms with E-state index in [9.17, 15) is 4.79 Å². The van der Waals surface area contributed by atoms with Gasteiger partial charge in [0, 0.05) is 6.42 Å². The van der Waals surface area contributed by atoms with Crippen molar-refractivity contribution in [1.29, 1.82) is 0 Å². The third-order valence-electron chi connectivity index (χ3n) is 2.82. The number of carbonyl (C=O) groups is 1. The van der Waals surface area contributed by atoms with E-state index in [0.29, 0.717) is 13.0 Å². The molecule has 1 saturated carbocycles. The van der Waals surface area contributed by atoms with Crippen molar-refractivity contribution in [3.8, 4) is 0 Å². The Hall–Kier alpha value is -1.15. The van der Waals surface area contributed by atoms with Gasteiger partial charge in [0.2, 0.25) is 0 Å². The molecule has 1 unspecified atom stereocenters. The van der Waals surface area contributed by atoms with E-state index in [0.717, 1.165) is 12.0 Å². The quantitative estimate of drug-likeness (QED) is 0.731. The lowest BCUT2D eigenvalue weighted by Crippen LogP contribution is -2.47. The number of rotatable bonds is 3. The molecule has 0 aliphatic heterocycles. The van der Waals surface area contributed by atoms with Crippen molar-refractivity contribution in [1.82, 2.24) is 0 Å². The molecule has 0 spiro atoms. The van der Waals surface area contributed by atoms with Crippen LogP contribution in [0.5, 0.6) is 0 Å². The molecule has 2 nitrogen and oxygen atoms in total.